The van der Waals surface area contributed by atoms with Crippen LogP contribution in [0.4, 0.5) is 18.0 Å². The molecule has 128 valence electrons. The first-order valence-electron chi connectivity index (χ1n) is 6.37. The SMILES string of the molecule is O=C(O)NC/C(=C/F)Cn1ncn(-c2c(F)cc(Br)cc2F)c1=O. The van der Waals surface area contributed by atoms with E-state index in [9.17, 15) is 22.8 Å². The number of hydrogen-bond acceptors (Lipinski definition) is 3. The van der Waals surface area contributed by atoms with Gasteiger partial charge in [-0.15, -0.1) is 0 Å². The van der Waals surface area contributed by atoms with Crippen molar-refractivity contribution in [2.24, 2.45) is 0 Å². The Hall–Kier alpha value is -2.56. The van der Waals surface area contributed by atoms with Crippen LogP contribution in [0.2, 0.25) is 0 Å². The third kappa shape index (κ3) is 3.85. The van der Waals surface area contributed by atoms with E-state index in [-0.39, 0.29) is 29.5 Å². The molecule has 0 aliphatic rings. The Morgan fingerprint density at radius 3 is 2.54 bits per heavy atom. The van der Waals surface area contributed by atoms with E-state index in [0.717, 1.165) is 23.1 Å². The van der Waals surface area contributed by atoms with Crippen molar-refractivity contribution in [3.8, 4) is 5.69 Å². The van der Waals surface area contributed by atoms with Crippen LogP contribution in [0.5, 0.6) is 0 Å². The van der Waals surface area contributed by atoms with Gasteiger partial charge in [0.25, 0.3) is 0 Å². The Balaban J connectivity index is 2.33. The quantitative estimate of drug-likeness (QED) is 0.796. The molecule has 1 aromatic heterocycles. The zero-order chi connectivity index (χ0) is 17.9. The fraction of sp³-hybridized carbons (Fsp3) is 0.154. The summed E-state index contributed by atoms with van der Waals surface area (Å²) < 4.78 is 42.1. The van der Waals surface area contributed by atoms with Crippen LogP contribution in [0.15, 0.2) is 39.6 Å². The molecule has 0 fully saturated rings. The van der Waals surface area contributed by atoms with E-state index < -0.39 is 29.1 Å². The van der Waals surface area contributed by atoms with Gasteiger partial charge < -0.3 is 10.4 Å². The minimum Gasteiger partial charge on any atom is -0.465 e. The van der Waals surface area contributed by atoms with Gasteiger partial charge in [-0.1, -0.05) is 15.9 Å². The molecule has 0 spiro atoms. The lowest BCUT2D eigenvalue weighted by Gasteiger charge is -2.06. The number of rotatable bonds is 5. The van der Waals surface area contributed by atoms with Crippen LogP contribution in [0, 0.1) is 11.6 Å². The Bertz CT molecular complexity index is 839. The van der Waals surface area contributed by atoms with Crippen molar-refractivity contribution in [1.29, 1.82) is 0 Å². The number of nitrogens with one attached hydrogen (secondary N) is 1. The van der Waals surface area contributed by atoms with Gasteiger partial charge in [-0.05, 0) is 17.7 Å². The van der Waals surface area contributed by atoms with E-state index in [1.807, 2.05) is 5.32 Å². The first-order chi connectivity index (χ1) is 11.3. The lowest BCUT2D eigenvalue weighted by atomic mass is 10.3. The Morgan fingerprint density at radius 1 is 1.38 bits per heavy atom. The number of amides is 1. The molecule has 11 heteroatoms. The molecule has 0 radical (unpaired) electrons. The second-order valence-corrected chi connectivity index (χ2v) is 5.50. The van der Waals surface area contributed by atoms with Crippen molar-refractivity contribution in [3.63, 3.8) is 0 Å². The highest BCUT2D eigenvalue weighted by Crippen LogP contribution is 2.21. The van der Waals surface area contributed by atoms with Gasteiger partial charge in [0.1, 0.15) is 12.0 Å². The molecule has 2 aromatic rings. The van der Waals surface area contributed by atoms with Crippen LogP contribution in [0.1, 0.15) is 0 Å². The second-order valence-electron chi connectivity index (χ2n) is 4.59. The van der Waals surface area contributed by atoms with Crippen LogP contribution in [0.25, 0.3) is 5.69 Å². The van der Waals surface area contributed by atoms with Crippen molar-refractivity contribution in [2.75, 3.05) is 6.54 Å². The van der Waals surface area contributed by atoms with Gasteiger partial charge in [0.05, 0.1) is 12.9 Å². The normalized spacial score (nSPS) is 11.6. The maximum Gasteiger partial charge on any atom is 0.404 e. The minimum atomic E-state index is -1.37. The lowest BCUT2D eigenvalue weighted by molar-refractivity contribution is 0.195. The molecule has 1 heterocycles. The van der Waals surface area contributed by atoms with Crippen molar-refractivity contribution in [2.45, 2.75) is 6.54 Å². The van der Waals surface area contributed by atoms with Crippen molar-refractivity contribution in [3.05, 3.63) is 57.0 Å². The summed E-state index contributed by atoms with van der Waals surface area (Å²) in [5, 5.41) is 14.1. The third-order valence-electron chi connectivity index (χ3n) is 2.93. The zero-order valence-corrected chi connectivity index (χ0v) is 13.4. The minimum absolute atomic E-state index is 0.0958. The van der Waals surface area contributed by atoms with Gasteiger partial charge in [0.15, 0.2) is 11.6 Å². The smallest absolute Gasteiger partial charge is 0.404 e. The van der Waals surface area contributed by atoms with E-state index in [2.05, 4.69) is 21.0 Å². The van der Waals surface area contributed by atoms with E-state index in [1.165, 1.54) is 0 Å². The van der Waals surface area contributed by atoms with Crippen LogP contribution in [-0.4, -0.2) is 32.1 Å². The van der Waals surface area contributed by atoms with E-state index in [4.69, 9.17) is 5.11 Å². The fourth-order valence-corrected chi connectivity index (χ4v) is 2.28. The number of aromatic nitrogens is 3. The summed E-state index contributed by atoms with van der Waals surface area (Å²) in [6.07, 6.45) is -0.355. The van der Waals surface area contributed by atoms with E-state index >= 15 is 0 Å². The summed E-state index contributed by atoms with van der Waals surface area (Å²) >= 11 is 2.92. The molecule has 0 atom stereocenters. The van der Waals surface area contributed by atoms with Crippen LogP contribution in [0.3, 0.4) is 0 Å². The molecule has 2 N–H and O–H groups in total. The molecule has 0 saturated carbocycles. The predicted molar refractivity (Wildman–Crippen MR) is 80.7 cm³/mol. The largest absolute Gasteiger partial charge is 0.465 e. The summed E-state index contributed by atoms with van der Waals surface area (Å²) in [6.45, 7) is -0.755. The number of carbonyl (C=O) groups is 1. The molecular weight excluding hydrogens is 397 g/mol. The van der Waals surface area contributed by atoms with Gasteiger partial charge in [-0.3, -0.25) is 0 Å². The van der Waals surface area contributed by atoms with Crippen molar-refractivity contribution >= 4 is 22.0 Å². The van der Waals surface area contributed by atoms with Gasteiger partial charge >= 0.3 is 11.8 Å². The second kappa shape index (κ2) is 7.34. The lowest BCUT2D eigenvalue weighted by Crippen LogP contribution is -2.29. The fourth-order valence-electron chi connectivity index (χ4n) is 1.87. The number of hydrogen-bond donors (Lipinski definition) is 2. The highest BCUT2D eigenvalue weighted by atomic mass is 79.9. The molecule has 0 saturated heterocycles. The maximum absolute atomic E-state index is 13.9. The summed E-state index contributed by atoms with van der Waals surface area (Å²) in [5.41, 5.74) is -1.63. The Kier molecular flexibility index (Phi) is 5.44. The molecule has 7 nitrogen and oxygen atoms in total. The van der Waals surface area contributed by atoms with Crippen LogP contribution in [-0.2, 0) is 6.54 Å². The summed E-state index contributed by atoms with van der Waals surface area (Å²) in [7, 11) is 0. The molecule has 2 rings (SSSR count). The van der Waals surface area contributed by atoms with Crippen molar-refractivity contribution < 1.29 is 23.1 Å². The Morgan fingerprint density at radius 2 is 2.00 bits per heavy atom. The summed E-state index contributed by atoms with van der Waals surface area (Å²) in [5.74, 6) is -1.98. The van der Waals surface area contributed by atoms with Gasteiger partial charge in [-0.25, -0.2) is 32.0 Å². The average molecular weight is 407 g/mol. The van der Waals surface area contributed by atoms with Gasteiger partial charge in [0.2, 0.25) is 0 Å². The van der Waals surface area contributed by atoms with Crippen molar-refractivity contribution in [1.82, 2.24) is 19.7 Å². The number of halogens is 4. The van der Waals surface area contributed by atoms with Crippen LogP contribution < -0.4 is 11.0 Å². The maximum atomic E-state index is 13.9. The molecule has 0 unspecified atom stereocenters. The number of nitrogens with zero attached hydrogens (tertiary/aromatic N) is 3. The molecule has 0 aliphatic carbocycles. The topological polar surface area (TPSA) is 89.2 Å². The van der Waals surface area contributed by atoms with Gasteiger partial charge in [0, 0.05) is 11.0 Å². The molecule has 0 bridgehead atoms. The monoisotopic (exact) mass is 406 g/mol. The molecule has 1 aromatic carbocycles. The highest BCUT2D eigenvalue weighted by molar-refractivity contribution is 9.10. The molecule has 1 amide bonds. The Labute approximate surface area is 141 Å². The first kappa shape index (κ1) is 17.8. The van der Waals surface area contributed by atoms with E-state index in [0.29, 0.717) is 4.57 Å². The molecular formula is C13H10BrF3N4O3. The predicted octanol–water partition coefficient (Wildman–Crippen LogP) is 2.20. The van der Waals surface area contributed by atoms with Gasteiger partial charge in [-0.2, -0.15) is 5.10 Å². The summed E-state index contributed by atoms with van der Waals surface area (Å²) in [4.78, 5) is 22.6. The van der Waals surface area contributed by atoms with Crippen LogP contribution >= 0.6 is 15.9 Å². The molecule has 24 heavy (non-hydrogen) atoms. The summed E-state index contributed by atoms with van der Waals surface area (Å²) in [6, 6.07) is 1.96. The number of carboxylic acid groups (broad SMARTS) is 1. The standard InChI is InChI=1S/C13H10BrF3N4O3/c14-8-1-9(16)11(10(17)2-8)20-6-19-21(13(20)24)5-7(3-15)4-18-12(22)23/h1-3,6,18H,4-5H2,(H,22,23)/b7-3-. The zero-order valence-electron chi connectivity index (χ0n) is 11.8. The first-order valence-corrected chi connectivity index (χ1v) is 7.17. The highest BCUT2D eigenvalue weighted by Gasteiger charge is 2.17. The van der Waals surface area contributed by atoms with E-state index in [1.54, 1.807) is 0 Å². The average Bonchev–Trinajstić information content (AvgIpc) is 2.83. The third-order valence-corrected chi connectivity index (χ3v) is 3.39. The molecule has 0 aliphatic heterocycles. The number of benzene rings is 1.